The van der Waals surface area contributed by atoms with Crippen LogP contribution in [0.5, 0.6) is 0 Å². The van der Waals surface area contributed by atoms with E-state index in [1.807, 2.05) is 12.1 Å². The molecular formula is C18H15N3O3S. The minimum atomic E-state index is -0.479. The van der Waals surface area contributed by atoms with E-state index in [-0.39, 0.29) is 18.2 Å². The molecule has 6 nitrogen and oxygen atoms in total. The zero-order valence-corrected chi connectivity index (χ0v) is 14.2. The van der Waals surface area contributed by atoms with Gasteiger partial charge in [-0.05, 0) is 31.2 Å². The highest BCUT2D eigenvalue weighted by molar-refractivity contribution is 7.13. The average molecular weight is 353 g/mol. The predicted molar refractivity (Wildman–Crippen MR) is 95.7 cm³/mol. The monoisotopic (exact) mass is 353 g/mol. The molecule has 0 fully saturated rings. The van der Waals surface area contributed by atoms with Crippen LogP contribution in [0, 0.1) is 0 Å². The zero-order valence-electron chi connectivity index (χ0n) is 13.4. The number of thiazole rings is 1. The first kappa shape index (κ1) is 16.8. The Hall–Kier alpha value is -3.06. The van der Waals surface area contributed by atoms with E-state index in [0.717, 1.165) is 5.56 Å². The Labute approximate surface area is 148 Å². The van der Waals surface area contributed by atoms with E-state index in [0.29, 0.717) is 16.3 Å². The number of carbonyl (C=O) groups excluding carboxylic acids is 2. The van der Waals surface area contributed by atoms with Crippen LogP contribution in [-0.4, -0.2) is 28.5 Å². The molecular weight excluding hydrogens is 338 g/mol. The molecule has 126 valence electrons. The smallest absolute Gasteiger partial charge is 0.340 e. The van der Waals surface area contributed by atoms with Gasteiger partial charge in [-0.2, -0.15) is 0 Å². The molecule has 0 aliphatic carbocycles. The Morgan fingerprint density at radius 2 is 2.04 bits per heavy atom. The van der Waals surface area contributed by atoms with Gasteiger partial charge in [0.2, 0.25) is 0 Å². The Morgan fingerprint density at radius 3 is 2.80 bits per heavy atom. The lowest BCUT2D eigenvalue weighted by atomic mass is 10.1. The van der Waals surface area contributed by atoms with Gasteiger partial charge in [-0.15, -0.1) is 11.3 Å². The van der Waals surface area contributed by atoms with Gasteiger partial charge < -0.3 is 10.1 Å². The van der Waals surface area contributed by atoms with Crippen molar-refractivity contribution in [2.45, 2.75) is 6.92 Å². The fraction of sp³-hybridized carbons (Fsp3) is 0.111. The second-order valence-corrected chi connectivity index (χ2v) is 5.86. The van der Waals surface area contributed by atoms with Crippen LogP contribution < -0.4 is 5.32 Å². The lowest BCUT2D eigenvalue weighted by Gasteiger charge is -2.09. The van der Waals surface area contributed by atoms with Crippen LogP contribution in [0.25, 0.3) is 10.6 Å². The van der Waals surface area contributed by atoms with Crippen LogP contribution in [0.1, 0.15) is 27.8 Å². The minimum absolute atomic E-state index is 0.266. The number of anilines is 1. The van der Waals surface area contributed by atoms with E-state index in [9.17, 15) is 9.59 Å². The number of carbonyl (C=O) groups is 2. The third kappa shape index (κ3) is 3.89. The molecule has 0 atom stereocenters. The number of hydrogen-bond donors (Lipinski definition) is 1. The van der Waals surface area contributed by atoms with E-state index in [1.165, 1.54) is 11.3 Å². The summed E-state index contributed by atoms with van der Waals surface area (Å²) in [5.41, 5.74) is 1.82. The molecule has 0 saturated carbocycles. The van der Waals surface area contributed by atoms with Crippen molar-refractivity contribution in [2.24, 2.45) is 0 Å². The van der Waals surface area contributed by atoms with Crippen LogP contribution in [0.4, 0.5) is 5.69 Å². The number of esters is 1. The number of benzene rings is 1. The molecule has 0 aliphatic heterocycles. The fourth-order valence-corrected chi connectivity index (χ4v) is 2.96. The molecule has 0 radical (unpaired) electrons. The van der Waals surface area contributed by atoms with Gasteiger partial charge in [0, 0.05) is 23.3 Å². The first-order valence-corrected chi connectivity index (χ1v) is 8.50. The van der Waals surface area contributed by atoms with E-state index in [1.54, 1.807) is 49.0 Å². The Balaban J connectivity index is 1.80. The maximum absolute atomic E-state index is 12.5. The lowest BCUT2D eigenvalue weighted by molar-refractivity contribution is 0.0527. The summed E-state index contributed by atoms with van der Waals surface area (Å²) in [6.07, 6.45) is 3.37. The molecule has 1 N–H and O–H groups in total. The number of aromatic nitrogens is 2. The van der Waals surface area contributed by atoms with Gasteiger partial charge in [0.1, 0.15) is 10.7 Å². The molecule has 0 saturated heterocycles. The molecule has 3 rings (SSSR count). The number of amides is 1. The standard InChI is InChI=1S/C18H15N3O3S/c1-2-24-18(23)13-7-3-4-8-14(13)20-16(22)15-11-25-17(21-15)12-6-5-9-19-10-12/h3-11H,2H2,1H3,(H,20,22). The summed E-state index contributed by atoms with van der Waals surface area (Å²) in [5.74, 6) is -0.865. The average Bonchev–Trinajstić information content (AvgIpc) is 3.13. The second-order valence-electron chi connectivity index (χ2n) is 5.00. The van der Waals surface area contributed by atoms with Gasteiger partial charge in [-0.3, -0.25) is 9.78 Å². The lowest BCUT2D eigenvalue weighted by Crippen LogP contribution is -2.16. The minimum Gasteiger partial charge on any atom is -0.462 e. The summed E-state index contributed by atoms with van der Waals surface area (Å²) >= 11 is 1.36. The van der Waals surface area contributed by atoms with E-state index >= 15 is 0 Å². The Morgan fingerprint density at radius 1 is 1.20 bits per heavy atom. The number of pyridine rings is 1. The molecule has 1 aromatic carbocycles. The van der Waals surface area contributed by atoms with Gasteiger partial charge in [0.05, 0.1) is 17.9 Å². The van der Waals surface area contributed by atoms with E-state index in [4.69, 9.17) is 4.74 Å². The summed E-state index contributed by atoms with van der Waals surface area (Å²) in [6, 6.07) is 10.4. The van der Waals surface area contributed by atoms with Crippen molar-refractivity contribution in [1.82, 2.24) is 9.97 Å². The molecule has 1 amide bonds. The molecule has 0 spiro atoms. The molecule has 2 heterocycles. The third-order valence-corrected chi connectivity index (χ3v) is 4.21. The molecule has 2 aromatic heterocycles. The number of para-hydroxylation sites is 1. The van der Waals surface area contributed by atoms with Crippen LogP contribution in [-0.2, 0) is 4.74 Å². The molecule has 0 unspecified atom stereocenters. The quantitative estimate of drug-likeness (QED) is 0.708. The van der Waals surface area contributed by atoms with Crippen molar-refractivity contribution in [3.8, 4) is 10.6 Å². The highest BCUT2D eigenvalue weighted by Gasteiger charge is 2.17. The zero-order chi connectivity index (χ0) is 17.6. The van der Waals surface area contributed by atoms with Crippen molar-refractivity contribution < 1.29 is 14.3 Å². The van der Waals surface area contributed by atoms with Crippen LogP contribution >= 0.6 is 11.3 Å². The summed E-state index contributed by atoms with van der Waals surface area (Å²) in [4.78, 5) is 32.8. The van der Waals surface area contributed by atoms with Gasteiger partial charge in [-0.1, -0.05) is 12.1 Å². The highest BCUT2D eigenvalue weighted by Crippen LogP contribution is 2.24. The fourth-order valence-electron chi connectivity index (χ4n) is 2.17. The van der Waals surface area contributed by atoms with Gasteiger partial charge in [0.25, 0.3) is 5.91 Å². The maximum atomic E-state index is 12.5. The molecule has 0 aliphatic rings. The number of rotatable bonds is 5. The number of nitrogens with zero attached hydrogens (tertiary/aromatic N) is 2. The first-order chi connectivity index (χ1) is 12.2. The van der Waals surface area contributed by atoms with Crippen LogP contribution in [0.2, 0.25) is 0 Å². The van der Waals surface area contributed by atoms with Crippen molar-refractivity contribution >= 4 is 28.9 Å². The van der Waals surface area contributed by atoms with Crippen molar-refractivity contribution in [3.63, 3.8) is 0 Å². The van der Waals surface area contributed by atoms with Gasteiger partial charge >= 0.3 is 5.97 Å². The maximum Gasteiger partial charge on any atom is 0.340 e. The van der Waals surface area contributed by atoms with Crippen molar-refractivity contribution in [2.75, 3.05) is 11.9 Å². The molecule has 3 aromatic rings. The highest BCUT2D eigenvalue weighted by atomic mass is 32.1. The SMILES string of the molecule is CCOC(=O)c1ccccc1NC(=O)c1csc(-c2cccnc2)n1. The summed E-state index contributed by atoms with van der Waals surface area (Å²) < 4.78 is 5.01. The van der Waals surface area contributed by atoms with Crippen LogP contribution in [0.3, 0.4) is 0 Å². The number of nitrogens with one attached hydrogen (secondary N) is 1. The molecule has 7 heteroatoms. The van der Waals surface area contributed by atoms with E-state index in [2.05, 4.69) is 15.3 Å². The second kappa shape index (κ2) is 7.67. The van der Waals surface area contributed by atoms with Crippen molar-refractivity contribution in [1.29, 1.82) is 0 Å². The Bertz CT molecular complexity index is 893. The largest absolute Gasteiger partial charge is 0.462 e. The number of ether oxygens (including phenoxy) is 1. The van der Waals surface area contributed by atoms with Crippen LogP contribution in [0.15, 0.2) is 54.2 Å². The predicted octanol–water partition coefficient (Wildman–Crippen LogP) is 3.63. The summed E-state index contributed by atoms with van der Waals surface area (Å²) in [5, 5.41) is 5.10. The normalized spacial score (nSPS) is 10.3. The first-order valence-electron chi connectivity index (χ1n) is 7.62. The third-order valence-electron chi connectivity index (χ3n) is 3.32. The van der Waals surface area contributed by atoms with Gasteiger partial charge in [-0.25, -0.2) is 9.78 Å². The summed E-state index contributed by atoms with van der Waals surface area (Å²) in [6.45, 7) is 2.00. The van der Waals surface area contributed by atoms with Crippen molar-refractivity contribution in [3.05, 3.63) is 65.4 Å². The molecule has 0 bridgehead atoms. The summed E-state index contributed by atoms with van der Waals surface area (Å²) in [7, 11) is 0. The Kier molecular flexibility index (Phi) is 5.15. The topological polar surface area (TPSA) is 81.2 Å². The molecule has 25 heavy (non-hydrogen) atoms. The van der Waals surface area contributed by atoms with Gasteiger partial charge in [0.15, 0.2) is 0 Å². The number of hydrogen-bond acceptors (Lipinski definition) is 6. The van der Waals surface area contributed by atoms with E-state index < -0.39 is 5.97 Å².